The largest absolute Gasteiger partial charge is 0.544 e. The number of phenolic OH excluding ortho intramolecular Hbond substituents is 2. The lowest BCUT2D eigenvalue weighted by Crippen LogP contribution is -2.95. The second-order valence-electron chi connectivity index (χ2n) is 6.11. The molecule has 122 valence electrons. The molecule has 6 nitrogen and oxygen atoms in total. The lowest BCUT2D eigenvalue weighted by molar-refractivity contribution is -0.717. The molecular weight excluding hydrogens is 308 g/mol. The molecule has 0 bridgehead atoms. The Balaban J connectivity index is 1.90. The van der Waals surface area contributed by atoms with Gasteiger partial charge in [-0.15, -0.1) is 0 Å². The Morgan fingerprint density at radius 3 is 2.71 bits per heavy atom. The van der Waals surface area contributed by atoms with E-state index in [1.54, 1.807) is 11.4 Å². The Morgan fingerprint density at radius 1 is 1.17 bits per heavy atom. The molecule has 2 aromatic carbocycles. The number of carbonyl (C=O) groups excluding carboxylic acids is 1. The molecule has 0 amide bonds. The highest BCUT2D eigenvalue weighted by Gasteiger charge is 2.35. The SMILES string of the molecule is O=C([O-])C1Cc2c([nH]c3ccccc23)C(c2ccc(O)c(O)c2)[NH2+]1. The van der Waals surface area contributed by atoms with E-state index >= 15 is 0 Å². The molecule has 4 rings (SSSR count). The van der Waals surface area contributed by atoms with Crippen LogP contribution in [-0.2, 0) is 11.2 Å². The molecule has 6 heteroatoms. The van der Waals surface area contributed by atoms with Gasteiger partial charge in [0.05, 0.1) is 11.7 Å². The number of hydrogen-bond donors (Lipinski definition) is 4. The van der Waals surface area contributed by atoms with Crippen molar-refractivity contribution in [3.8, 4) is 11.5 Å². The molecule has 2 heterocycles. The number of aromatic hydroxyl groups is 2. The molecular formula is C18H16N2O4. The van der Waals surface area contributed by atoms with Gasteiger partial charge in [0.2, 0.25) is 0 Å². The van der Waals surface area contributed by atoms with Crippen LogP contribution in [-0.4, -0.2) is 27.2 Å². The van der Waals surface area contributed by atoms with Crippen LogP contribution in [0.2, 0.25) is 0 Å². The van der Waals surface area contributed by atoms with E-state index in [1.807, 2.05) is 24.3 Å². The van der Waals surface area contributed by atoms with Crippen molar-refractivity contribution in [1.29, 1.82) is 0 Å². The van der Waals surface area contributed by atoms with Gasteiger partial charge in [0.1, 0.15) is 6.04 Å². The number of quaternary nitrogens is 1. The van der Waals surface area contributed by atoms with Crippen LogP contribution in [0.5, 0.6) is 11.5 Å². The first-order valence-corrected chi connectivity index (χ1v) is 7.72. The maximum absolute atomic E-state index is 11.5. The van der Waals surface area contributed by atoms with E-state index in [-0.39, 0.29) is 17.5 Å². The zero-order valence-corrected chi connectivity index (χ0v) is 12.7. The highest BCUT2D eigenvalue weighted by Crippen LogP contribution is 2.34. The number of benzene rings is 2. The molecule has 2 unspecified atom stereocenters. The zero-order chi connectivity index (χ0) is 16.8. The first kappa shape index (κ1) is 14.6. The van der Waals surface area contributed by atoms with Crippen molar-refractivity contribution < 1.29 is 25.4 Å². The number of para-hydroxylation sites is 1. The van der Waals surface area contributed by atoms with Crippen molar-refractivity contribution in [2.24, 2.45) is 0 Å². The number of nitrogens with one attached hydrogen (secondary N) is 1. The first-order chi connectivity index (χ1) is 11.5. The van der Waals surface area contributed by atoms with Crippen molar-refractivity contribution in [3.63, 3.8) is 0 Å². The molecule has 0 fully saturated rings. The predicted octanol–water partition coefficient (Wildman–Crippen LogP) is -0.0935. The molecule has 0 saturated heterocycles. The fraction of sp³-hybridized carbons (Fsp3) is 0.167. The molecule has 1 aromatic heterocycles. The van der Waals surface area contributed by atoms with Crippen molar-refractivity contribution in [2.75, 3.05) is 0 Å². The van der Waals surface area contributed by atoms with Crippen LogP contribution in [0.4, 0.5) is 0 Å². The molecule has 0 saturated carbocycles. The maximum atomic E-state index is 11.5. The smallest absolute Gasteiger partial charge is 0.157 e. The van der Waals surface area contributed by atoms with Crippen molar-refractivity contribution in [1.82, 2.24) is 4.98 Å². The minimum Gasteiger partial charge on any atom is -0.544 e. The fourth-order valence-electron chi connectivity index (χ4n) is 3.50. The summed E-state index contributed by atoms with van der Waals surface area (Å²) >= 11 is 0. The minimum absolute atomic E-state index is 0.206. The van der Waals surface area contributed by atoms with E-state index in [9.17, 15) is 20.1 Å². The van der Waals surface area contributed by atoms with Gasteiger partial charge < -0.3 is 30.4 Å². The molecule has 1 aliphatic heterocycles. The van der Waals surface area contributed by atoms with Crippen molar-refractivity contribution in [3.05, 3.63) is 59.3 Å². The highest BCUT2D eigenvalue weighted by molar-refractivity contribution is 5.86. The quantitative estimate of drug-likeness (QED) is 0.493. The number of carbonyl (C=O) groups is 1. The summed E-state index contributed by atoms with van der Waals surface area (Å²) < 4.78 is 0. The minimum atomic E-state index is -1.11. The monoisotopic (exact) mass is 324 g/mol. The summed E-state index contributed by atoms with van der Waals surface area (Å²) in [5, 5.41) is 33.5. The predicted molar refractivity (Wildman–Crippen MR) is 84.3 cm³/mol. The Kier molecular flexibility index (Phi) is 3.21. The van der Waals surface area contributed by atoms with Crippen molar-refractivity contribution >= 4 is 16.9 Å². The average molecular weight is 324 g/mol. The molecule has 3 aromatic rings. The molecule has 2 atom stereocenters. The second-order valence-corrected chi connectivity index (χ2v) is 6.11. The number of aromatic amines is 1. The normalized spacial score (nSPS) is 20.0. The number of phenols is 2. The number of carboxylic acid groups (broad SMARTS) is 1. The third-order valence-electron chi connectivity index (χ3n) is 4.67. The lowest BCUT2D eigenvalue weighted by Gasteiger charge is -2.29. The number of fused-ring (bicyclic) bond motifs is 3. The summed E-state index contributed by atoms with van der Waals surface area (Å²) in [7, 11) is 0. The third kappa shape index (κ3) is 2.19. The lowest BCUT2D eigenvalue weighted by atomic mass is 9.90. The number of rotatable bonds is 2. The van der Waals surface area contributed by atoms with Crippen LogP contribution in [0.15, 0.2) is 42.5 Å². The topological polar surface area (TPSA) is 113 Å². The number of H-pyrrole nitrogens is 1. The zero-order valence-electron chi connectivity index (χ0n) is 12.7. The Bertz CT molecular complexity index is 947. The number of hydrogen-bond acceptors (Lipinski definition) is 4. The van der Waals surface area contributed by atoms with Gasteiger partial charge in [-0.2, -0.15) is 0 Å². The van der Waals surface area contributed by atoms with Gasteiger partial charge in [-0.1, -0.05) is 18.2 Å². The van der Waals surface area contributed by atoms with Crippen molar-refractivity contribution in [2.45, 2.75) is 18.5 Å². The van der Waals surface area contributed by atoms with E-state index in [0.717, 1.165) is 22.2 Å². The van der Waals surface area contributed by atoms with E-state index < -0.39 is 12.0 Å². The Morgan fingerprint density at radius 2 is 1.96 bits per heavy atom. The highest BCUT2D eigenvalue weighted by atomic mass is 16.4. The molecule has 0 radical (unpaired) electrons. The number of carboxylic acids is 1. The Labute approximate surface area is 137 Å². The third-order valence-corrected chi connectivity index (χ3v) is 4.67. The van der Waals surface area contributed by atoms with Crippen LogP contribution in [0.25, 0.3) is 10.9 Å². The molecule has 1 aliphatic rings. The first-order valence-electron chi connectivity index (χ1n) is 7.72. The average Bonchev–Trinajstić information content (AvgIpc) is 2.95. The summed E-state index contributed by atoms with van der Waals surface area (Å²) in [5.41, 5.74) is 3.53. The van der Waals surface area contributed by atoms with E-state index in [4.69, 9.17) is 0 Å². The molecule has 24 heavy (non-hydrogen) atoms. The van der Waals surface area contributed by atoms with E-state index in [2.05, 4.69) is 4.98 Å². The van der Waals surface area contributed by atoms with E-state index in [1.165, 1.54) is 12.1 Å². The van der Waals surface area contributed by atoms with Crippen LogP contribution in [0.1, 0.15) is 22.9 Å². The fourth-order valence-corrected chi connectivity index (χ4v) is 3.50. The van der Waals surface area contributed by atoms with Gasteiger partial charge in [0, 0.05) is 22.9 Å². The summed E-state index contributed by atoms with van der Waals surface area (Å²) in [6.07, 6.45) is 0.377. The number of nitrogens with two attached hydrogens (primary N) is 1. The molecule has 0 spiro atoms. The van der Waals surface area contributed by atoms with Crippen LogP contribution in [0.3, 0.4) is 0 Å². The maximum Gasteiger partial charge on any atom is 0.157 e. The Hall–Kier alpha value is -2.99. The molecule has 5 N–H and O–H groups in total. The number of aliphatic carboxylic acids is 1. The van der Waals surface area contributed by atoms with E-state index in [0.29, 0.717) is 12.0 Å². The summed E-state index contributed by atoms with van der Waals surface area (Å²) in [4.78, 5) is 14.8. The van der Waals surface area contributed by atoms with Crippen LogP contribution >= 0.6 is 0 Å². The van der Waals surface area contributed by atoms with Crippen LogP contribution < -0.4 is 10.4 Å². The van der Waals surface area contributed by atoms with Gasteiger partial charge >= 0.3 is 0 Å². The second kappa shape index (κ2) is 5.28. The summed E-state index contributed by atoms with van der Waals surface area (Å²) in [5.74, 6) is -1.55. The number of aromatic nitrogens is 1. The van der Waals surface area contributed by atoms with Gasteiger partial charge in [-0.25, -0.2) is 0 Å². The van der Waals surface area contributed by atoms with Gasteiger partial charge in [0.25, 0.3) is 0 Å². The van der Waals surface area contributed by atoms with Gasteiger partial charge in [-0.3, -0.25) is 0 Å². The standard InChI is InChI=1S/C18H16N2O4/c21-14-6-5-9(7-15(14)22)16-17-11(8-13(20-16)18(23)24)10-3-1-2-4-12(10)19-17/h1-7,13,16,19-22H,8H2,(H,23,24). The van der Waals surface area contributed by atoms with Gasteiger partial charge in [-0.05, 0) is 29.8 Å². The summed E-state index contributed by atoms with van der Waals surface area (Å²) in [6.45, 7) is 0. The van der Waals surface area contributed by atoms with Gasteiger partial charge in [0.15, 0.2) is 17.5 Å². The van der Waals surface area contributed by atoms with Crippen LogP contribution in [0, 0.1) is 0 Å². The molecule has 0 aliphatic carbocycles. The summed E-state index contributed by atoms with van der Waals surface area (Å²) in [6, 6.07) is 11.3.